The Balaban J connectivity index is 2.60. The quantitative estimate of drug-likeness (QED) is 0.807. The molecule has 3 heteroatoms. The molecule has 0 saturated heterocycles. The van der Waals surface area contributed by atoms with Gasteiger partial charge in [-0.1, -0.05) is 25.1 Å². The molecule has 0 spiro atoms. The molecule has 0 fully saturated rings. The summed E-state index contributed by atoms with van der Waals surface area (Å²) >= 11 is 0. The summed E-state index contributed by atoms with van der Waals surface area (Å²) in [6.45, 7) is 1.72. The van der Waals surface area contributed by atoms with Crippen molar-refractivity contribution in [3.05, 3.63) is 29.8 Å². The molecule has 0 aromatic heterocycles. The molecule has 0 heterocycles. The van der Waals surface area contributed by atoms with Gasteiger partial charge < -0.3 is 9.84 Å². The lowest BCUT2D eigenvalue weighted by Gasteiger charge is -2.09. The number of carbonyl (C=O) groups is 1. The number of benzene rings is 1. The van der Waals surface area contributed by atoms with Crippen LogP contribution in [0.25, 0.3) is 0 Å². The minimum absolute atomic E-state index is 0.310. The van der Waals surface area contributed by atoms with E-state index in [0.717, 1.165) is 17.7 Å². The van der Waals surface area contributed by atoms with E-state index in [1.54, 1.807) is 14.0 Å². The van der Waals surface area contributed by atoms with E-state index >= 15 is 0 Å². The van der Waals surface area contributed by atoms with Crippen molar-refractivity contribution in [1.29, 1.82) is 0 Å². The molecule has 0 aliphatic carbocycles. The summed E-state index contributed by atoms with van der Waals surface area (Å²) in [7, 11) is 1.62. The first-order chi connectivity index (χ1) is 7.15. The number of carboxylic acids is 1. The van der Waals surface area contributed by atoms with Crippen LogP contribution in [-0.2, 0) is 11.2 Å². The Morgan fingerprint density at radius 3 is 2.73 bits per heavy atom. The molecule has 1 N–H and O–H groups in total. The molecule has 0 radical (unpaired) electrons. The van der Waals surface area contributed by atoms with Crippen molar-refractivity contribution >= 4 is 5.97 Å². The molecular formula is C12H16O3. The number of para-hydroxylation sites is 1. The highest BCUT2D eigenvalue weighted by Gasteiger charge is 2.11. The maximum Gasteiger partial charge on any atom is 0.306 e. The summed E-state index contributed by atoms with van der Waals surface area (Å²) in [4.78, 5) is 10.6. The summed E-state index contributed by atoms with van der Waals surface area (Å²) in [5.74, 6) is -0.227. The van der Waals surface area contributed by atoms with Gasteiger partial charge in [0.2, 0.25) is 0 Å². The first kappa shape index (κ1) is 11.6. The van der Waals surface area contributed by atoms with Gasteiger partial charge in [0.15, 0.2) is 0 Å². The third-order valence-electron chi connectivity index (χ3n) is 2.46. The lowest BCUT2D eigenvalue weighted by molar-refractivity contribution is -0.141. The van der Waals surface area contributed by atoms with Gasteiger partial charge in [-0.15, -0.1) is 0 Å². The molecule has 0 unspecified atom stereocenters. The molecule has 0 amide bonds. The maximum atomic E-state index is 10.6. The summed E-state index contributed by atoms with van der Waals surface area (Å²) < 4.78 is 5.19. The van der Waals surface area contributed by atoms with Crippen molar-refractivity contribution in [2.75, 3.05) is 7.11 Å². The second-order valence-corrected chi connectivity index (χ2v) is 3.59. The predicted molar refractivity (Wildman–Crippen MR) is 58.1 cm³/mol. The van der Waals surface area contributed by atoms with Gasteiger partial charge >= 0.3 is 5.97 Å². The molecule has 0 aliphatic heterocycles. The maximum absolute atomic E-state index is 10.6. The number of rotatable bonds is 5. The number of aliphatic carboxylic acids is 1. The van der Waals surface area contributed by atoms with Crippen LogP contribution >= 0.6 is 0 Å². The number of aryl methyl sites for hydroxylation is 1. The van der Waals surface area contributed by atoms with Gasteiger partial charge in [0.05, 0.1) is 13.0 Å². The third-order valence-corrected chi connectivity index (χ3v) is 2.46. The van der Waals surface area contributed by atoms with Crippen LogP contribution < -0.4 is 4.74 Å². The average Bonchev–Trinajstić information content (AvgIpc) is 2.26. The van der Waals surface area contributed by atoms with E-state index in [1.165, 1.54) is 0 Å². The number of carboxylic acid groups (broad SMARTS) is 1. The van der Waals surface area contributed by atoms with Crippen molar-refractivity contribution in [3.8, 4) is 5.75 Å². The summed E-state index contributed by atoms with van der Waals surface area (Å²) in [5, 5.41) is 8.76. The molecule has 0 saturated carbocycles. The second kappa shape index (κ2) is 5.39. The standard InChI is InChI=1S/C12H16O3/c1-9(12(13)14)7-8-10-5-3-4-6-11(10)15-2/h3-6,9H,7-8H2,1-2H3,(H,13,14)/t9-/m0/s1. The zero-order valence-electron chi connectivity index (χ0n) is 9.06. The van der Waals surface area contributed by atoms with Crippen molar-refractivity contribution in [2.45, 2.75) is 19.8 Å². The van der Waals surface area contributed by atoms with E-state index in [9.17, 15) is 4.79 Å². The predicted octanol–water partition coefficient (Wildman–Crippen LogP) is 2.35. The number of hydrogen-bond acceptors (Lipinski definition) is 2. The molecule has 0 bridgehead atoms. The van der Waals surface area contributed by atoms with E-state index in [2.05, 4.69) is 0 Å². The second-order valence-electron chi connectivity index (χ2n) is 3.59. The van der Waals surface area contributed by atoms with Gasteiger partial charge in [-0.3, -0.25) is 4.79 Å². The minimum Gasteiger partial charge on any atom is -0.496 e. The largest absolute Gasteiger partial charge is 0.496 e. The van der Waals surface area contributed by atoms with Crippen LogP contribution in [0.15, 0.2) is 24.3 Å². The first-order valence-corrected chi connectivity index (χ1v) is 5.00. The van der Waals surface area contributed by atoms with Gasteiger partial charge in [-0.25, -0.2) is 0 Å². The number of ether oxygens (including phenoxy) is 1. The average molecular weight is 208 g/mol. The van der Waals surface area contributed by atoms with Crippen molar-refractivity contribution in [1.82, 2.24) is 0 Å². The highest BCUT2D eigenvalue weighted by molar-refractivity contribution is 5.69. The van der Waals surface area contributed by atoms with Crippen LogP contribution in [0.5, 0.6) is 5.75 Å². The fraction of sp³-hybridized carbons (Fsp3) is 0.417. The third kappa shape index (κ3) is 3.27. The molecule has 1 atom stereocenters. The topological polar surface area (TPSA) is 46.5 Å². The van der Waals surface area contributed by atoms with Gasteiger partial charge in [0, 0.05) is 0 Å². The Morgan fingerprint density at radius 1 is 1.47 bits per heavy atom. The molecule has 15 heavy (non-hydrogen) atoms. The zero-order valence-corrected chi connectivity index (χ0v) is 9.06. The minimum atomic E-state index is -0.745. The van der Waals surface area contributed by atoms with Gasteiger partial charge in [0.1, 0.15) is 5.75 Å². The fourth-order valence-electron chi connectivity index (χ4n) is 1.40. The highest BCUT2D eigenvalue weighted by atomic mass is 16.5. The van der Waals surface area contributed by atoms with Crippen LogP contribution in [-0.4, -0.2) is 18.2 Å². The van der Waals surface area contributed by atoms with Crippen LogP contribution in [0.3, 0.4) is 0 Å². The highest BCUT2D eigenvalue weighted by Crippen LogP contribution is 2.20. The van der Waals surface area contributed by atoms with E-state index < -0.39 is 5.97 Å². The lowest BCUT2D eigenvalue weighted by atomic mass is 10.0. The normalized spacial score (nSPS) is 12.1. The van der Waals surface area contributed by atoms with Gasteiger partial charge in [0.25, 0.3) is 0 Å². The monoisotopic (exact) mass is 208 g/mol. The molecule has 1 aromatic rings. The van der Waals surface area contributed by atoms with E-state index in [4.69, 9.17) is 9.84 Å². The summed E-state index contributed by atoms with van der Waals surface area (Å²) in [6.07, 6.45) is 1.37. The van der Waals surface area contributed by atoms with Crippen LogP contribution in [0.4, 0.5) is 0 Å². The molecular weight excluding hydrogens is 192 g/mol. The number of methoxy groups -OCH3 is 1. The van der Waals surface area contributed by atoms with Crippen LogP contribution in [0.1, 0.15) is 18.9 Å². The van der Waals surface area contributed by atoms with E-state index in [-0.39, 0.29) is 5.92 Å². The SMILES string of the molecule is COc1ccccc1CC[C@H](C)C(=O)O. The Kier molecular flexibility index (Phi) is 4.16. The van der Waals surface area contributed by atoms with Crippen molar-refractivity contribution < 1.29 is 14.6 Å². The van der Waals surface area contributed by atoms with Crippen LogP contribution in [0, 0.1) is 5.92 Å². The molecule has 1 aromatic carbocycles. The smallest absolute Gasteiger partial charge is 0.306 e. The first-order valence-electron chi connectivity index (χ1n) is 5.00. The molecule has 0 aliphatic rings. The zero-order chi connectivity index (χ0) is 11.3. The van der Waals surface area contributed by atoms with Crippen molar-refractivity contribution in [3.63, 3.8) is 0 Å². The summed E-state index contributed by atoms with van der Waals surface area (Å²) in [6, 6.07) is 7.69. The van der Waals surface area contributed by atoms with Gasteiger partial charge in [-0.2, -0.15) is 0 Å². The molecule has 1 rings (SSSR count). The molecule has 3 nitrogen and oxygen atoms in total. The van der Waals surface area contributed by atoms with Crippen molar-refractivity contribution in [2.24, 2.45) is 5.92 Å². The van der Waals surface area contributed by atoms with Gasteiger partial charge in [-0.05, 0) is 24.5 Å². The Bertz CT molecular complexity index is 333. The number of hydrogen-bond donors (Lipinski definition) is 1. The summed E-state index contributed by atoms with van der Waals surface area (Å²) in [5.41, 5.74) is 1.06. The van der Waals surface area contributed by atoms with E-state index in [1.807, 2.05) is 24.3 Å². The Hall–Kier alpha value is -1.51. The Morgan fingerprint density at radius 2 is 2.13 bits per heavy atom. The van der Waals surface area contributed by atoms with Crippen LogP contribution in [0.2, 0.25) is 0 Å². The molecule has 82 valence electrons. The Labute approximate surface area is 89.7 Å². The fourth-order valence-corrected chi connectivity index (χ4v) is 1.40. The lowest BCUT2D eigenvalue weighted by Crippen LogP contribution is -2.10. The van der Waals surface area contributed by atoms with E-state index in [0.29, 0.717) is 6.42 Å².